The first kappa shape index (κ1) is 20.1. The summed E-state index contributed by atoms with van der Waals surface area (Å²) < 4.78 is 64.1. The van der Waals surface area contributed by atoms with Gasteiger partial charge in [-0.25, -0.2) is 18.5 Å². The number of nitriles is 1. The van der Waals surface area contributed by atoms with Crippen LogP contribution in [0.25, 0.3) is 5.82 Å². The molecule has 2 aromatic heterocycles. The Morgan fingerprint density at radius 3 is 2.25 bits per heavy atom. The zero-order valence-electron chi connectivity index (χ0n) is 14.6. The van der Waals surface area contributed by atoms with E-state index in [2.05, 4.69) is 10.1 Å². The van der Waals surface area contributed by atoms with Gasteiger partial charge in [0, 0.05) is 19.3 Å². The van der Waals surface area contributed by atoms with Crippen molar-refractivity contribution < 1.29 is 21.6 Å². The lowest BCUT2D eigenvalue weighted by Gasteiger charge is -2.23. The molecule has 1 aliphatic heterocycles. The van der Waals surface area contributed by atoms with Gasteiger partial charge in [-0.2, -0.15) is 28.2 Å². The number of rotatable bonds is 3. The van der Waals surface area contributed by atoms with Gasteiger partial charge in [-0.1, -0.05) is 12.8 Å². The van der Waals surface area contributed by atoms with Crippen LogP contribution < -0.4 is 10.0 Å². The molecular formula is C16H17F3N6O2S. The van der Waals surface area contributed by atoms with Crippen LogP contribution in [0.15, 0.2) is 23.2 Å². The maximum absolute atomic E-state index is 13.5. The number of anilines is 1. The molecule has 2 aromatic rings. The van der Waals surface area contributed by atoms with Crippen molar-refractivity contribution >= 4 is 15.8 Å². The average molecular weight is 414 g/mol. The summed E-state index contributed by atoms with van der Waals surface area (Å²) >= 11 is 0. The third-order valence-electron chi connectivity index (χ3n) is 4.41. The first-order valence-corrected chi connectivity index (χ1v) is 10.0. The summed E-state index contributed by atoms with van der Waals surface area (Å²) in [5.74, 6) is -0.0359. The van der Waals surface area contributed by atoms with Crippen molar-refractivity contribution in [3.63, 3.8) is 0 Å². The summed E-state index contributed by atoms with van der Waals surface area (Å²) in [7, 11) is -4.00. The minimum Gasteiger partial charge on any atom is -0.355 e. The molecule has 0 unspecified atom stereocenters. The maximum Gasteiger partial charge on any atom is 0.436 e. The lowest BCUT2D eigenvalue weighted by molar-refractivity contribution is -0.141. The largest absolute Gasteiger partial charge is 0.436 e. The van der Waals surface area contributed by atoms with Crippen LogP contribution in [0, 0.1) is 11.3 Å². The molecule has 0 spiro atoms. The monoisotopic (exact) mass is 414 g/mol. The van der Waals surface area contributed by atoms with E-state index >= 15 is 0 Å². The second-order valence-electron chi connectivity index (χ2n) is 6.37. The molecular weight excluding hydrogens is 397 g/mol. The van der Waals surface area contributed by atoms with E-state index < -0.39 is 27.5 Å². The van der Waals surface area contributed by atoms with Crippen molar-refractivity contribution in [2.24, 2.45) is 5.14 Å². The molecule has 3 heterocycles. The van der Waals surface area contributed by atoms with Crippen molar-refractivity contribution in [3.8, 4) is 11.9 Å². The molecule has 12 heteroatoms. The van der Waals surface area contributed by atoms with Gasteiger partial charge in [0.1, 0.15) is 16.5 Å². The maximum atomic E-state index is 13.5. The normalized spacial score (nSPS) is 15.9. The Kier molecular flexibility index (Phi) is 5.31. The number of pyridine rings is 1. The van der Waals surface area contributed by atoms with Gasteiger partial charge in [-0.05, 0) is 25.0 Å². The van der Waals surface area contributed by atoms with Crippen LogP contribution in [0.1, 0.15) is 36.9 Å². The minimum atomic E-state index is -4.82. The fourth-order valence-electron chi connectivity index (χ4n) is 3.11. The van der Waals surface area contributed by atoms with Gasteiger partial charge in [0.15, 0.2) is 17.3 Å². The Bertz CT molecular complexity index is 1000. The number of hydrogen-bond donors (Lipinski definition) is 1. The molecule has 0 aromatic carbocycles. The predicted octanol–water partition coefficient (Wildman–Crippen LogP) is 2.19. The van der Waals surface area contributed by atoms with Crippen LogP contribution in [0.2, 0.25) is 0 Å². The van der Waals surface area contributed by atoms with Gasteiger partial charge in [0.25, 0.3) is 0 Å². The van der Waals surface area contributed by atoms with Gasteiger partial charge in [-0.15, -0.1) is 0 Å². The first-order valence-electron chi connectivity index (χ1n) is 8.47. The Hall–Kier alpha value is -2.65. The highest BCUT2D eigenvalue weighted by Gasteiger charge is 2.41. The van der Waals surface area contributed by atoms with E-state index in [1.54, 1.807) is 11.0 Å². The van der Waals surface area contributed by atoms with Crippen LogP contribution in [-0.4, -0.2) is 36.3 Å². The third-order valence-corrected chi connectivity index (χ3v) is 5.31. The minimum absolute atomic E-state index is 0.00702. The van der Waals surface area contributed by atoms with E-state index in [0.717, 1.165) is 42.6 Å². The molecule has 0 amide bonds. The van der Waals surface area contributed by atoms with Crippen molar-refractivity contribution in [1.82, 2.24) is 14.8 Å². The molecule has 2 N–H and O–H groups in total. The van der Waals surface area contributed by atoms with Crippen molar-refractivity contribution in [3.05, 3.63) is 29.6 Å². The SMILES string of the molecule is N#Cc1c(C(F)(F)F)nn(-c2ccc(S(N)(=O)=O)cn2)c1N1CCCCCC1. The summed E-state index contributed by atoms with van der Waals surface area (Å²) in [5, 5.41) is 18.1. The van der Waals surface area contributed by atoms with Gasteiger partial charge in [0.05, 0.1) is 0 Å². The Morgan fingerprint density at radius 2 is 1.79 bits per heavy atom. The quantitative estimate of drug-likeness (QED) is 0.823. The molecule has 0 aliphatic carbocycles. The highest BCUT2D eigenvalue weighted by atomic mass is 32.2. The number of alkyl halides is 3. The molecule has 1 aliphatic rings. The van der Waals surface area contributed by atoms with Gasteiger partial charge in [0.2, 0.25) is 10.0 Å². The Labute approximate surface area is 159 Å². The standard InChI is InChI=1S/C16H17F3N6O2S/c17-16(18,19)14-12(9-20)15(24-7-3-1-2-4-8-24)25(23-14)13-6-5-11(10-22-13)28(21,26)27/h5-6,10H,1-4,7-8H2,(H2,21,26,27). The number of primary sulfonamides is 1. The van der Waals surface area contributed by atoms with Crippen molar-refractivity contribution in [2.75, 3.05) is 18.0 Å². The molecule has 0 radical (unpaired) electrons. The van der Waals surface area contributed by atoms with Crippen LogP contribution in [0.4, 0.5) is 19.0 Å². The van der Waals surface area contributed by atoms with E-state index in [9.17, 15) is 26.9 Å². The van der Waals surface area contributed by atoms with Crippen LogP contribution in [0.5, 0.6) is 0 Å². The van der Waals surface area contributed by atoms with E-state index in [-0.39, 0.29) is 16.5 Å². The van der Waals surface area contributed by atoms with E-state index in [1.165, 1.54) is 6.07 Å². The molecule has 28 heavy (non-hydrogen) atoms. The zero-order chi connectivity index (χ0) is 20.5. The number of aromatic nitrogens is 3. The molecule has 1 saturated heterocycles. The number of halogens is 3. The van der Waals surface area contributed by atoms with Crippen LogP contribution in [0.3, 0.4) is 0 Å². The van der Waals surface area contributed by atoms with Gasteiger partial charge in [-0.3, -0.25) is 0 Å². The second kappa shape index (κ2) is 7.40. The summed E-state index contributed by atoms with van der Waals surface area (Å²) in [6.07, 6.45) is -0.445. The van der Waals surface area contributed by atoms with Crippen LogP contribution >= 0.6 is 0 Å². The topological polar surface area (TPSA) is 118 Å². The second-order valence-corrected chi connectivity index (χ2v) is 7.93. The molecule has 1 fully saturated rings. The molecule has 0 bridgehead atoms. The summed E-state index contributed by atoms with van der Waals surface area (Å²) in [6, 6.07) is 3.96. The summed E-state index contributed by atoms with van der Waals surface area (Å²) in [4.78, 5) is 5.32. The van der Waals surface area contributed by atoms with E-state index in [1.807, 2.05) is 0 Å². The highest BCUT2D eigenvalue weighted by Crippen LogP contribution is 2.37. The third kappa shape index (κ3) is 3.95. The lowest BCUT2D eigenvalue weighted by Crippen LogP contribution is -2.27. The average Bonchev–Trinajstić information content (AvgIpc) is 2.82. The molecule has 8 nitrogen and oxygen atoms in total. The fraction of sp³-hybridized carbons (Fsp3) is 0.438. The zero-order valence-corrected chi connectivity index (χ0v) is 15.5. The van der Waals surface area contributed by atoms with E-state index in [0.29, 0.717) is 13.1 Å². The number of nitrogens with two attached hydrogens (primary N) is 1. The summed E-state index contributed by atoms with van der Waals surface area (Å²) in [5.41, 5.74) is -1.88. The number of sulfonamides is 1. The van der Waals surface area contributed by atoms with Crippen molar-refractivity contribution in [1.29, 1.82) is 5.26 Å². The smallest absolute Gasteiger partial charge is 0.355 e. The molecule has 0 saturated carbocycles. The number of hydrogen-bond acceptors (Lipinski definition) is 6. The Balaban J connectivity index is 2.19. The highest BCUT2D eigenvalue weighted by molar-refractivity contribution is 7.89. The molecule has 150 valence electrons. The first-order chi connectivity index (χ1) is 13.1. The molecule has 3 rings (SSSR count). The summed E-state index contributed by atoms with van der Waals surface area (Å²) in [6.45, 7) is 0.958. The van der Waals surface area contributed by atoms with Crippen molar-refractivity contribution in [2.45, 2.75) is 36.8 Å². The Morgan fingerprint density at radius 1 is 1.14 bits per heavy atom. The molecule has 0 atom stereocenters. The van der Waals surface area contributed by atoms with E-state index in [4.69, 9.17) is 5.14 Å². The van der Waals surface area contributed by atoms with Gasteiger partial charge >= 0.3 is 6.18 Å². The van der Waals surface area contributed by atoms with Gasteiger partial charge < -0.3 is 4.90 Å². The lowest BCUT2D eigenvalue weighted by atomic mass is 10.2. The predicted molar refractivity (Wildman–Crippen MR) is 93.1 cm³/mol. The fourth-order valence-corrected chi connectivity index (χ4v) is 3.57. The van der Waals surface area contributed by atoms with Crippen LogP contribution in [-0.2, 0) is 16.2 Å². The number of nitrogens with zero attached hydrogens (tertiary/aromatic N) is 5.